The standard InChI is InChI=1S/C64H44NO3P3/c66-69(50-19-6-1-7-20-50,51-21-8-2-9-22-51)55-35-33-49(34-36-55)65-61-39-37-56(70(67,52-23-10-3-11-24-52)53-25-12-4-13-26-53)43-59(61)60-44-57(38-40-62(60)65)71(68,54-27-14-5-15-28-54)58-41-47-31-29-45-17-16-18-46-30-32-48(42-58)64(47)63(45)46/h1-44H. The van der Waals surface area contributed by atoms with E-state index in [1.54, 1.807) is 0 Å². The molecule has 0 bridgehead atoms. The molecular weight excluding hydrogens is 924 g/mol. The van der Waals surface area contributed by atoms with Gasteiger partial charge in [0.15, 0.2) is 21.4 Å². The average molecular weight is 968 g/mol. The minimum absolute atomic E-state index is 0.699. The van der Waals surface area contributed by atoms with Crippen LogP contribution in [-0.2, 0) is 13.7 Å². The topological polar surface area (TPSA) is 56.1 Å². The Kier molecular flexibility index (Phi) is 10.3. The highest BCUT2D eigenvalue weighted by Gasteiger charge is 2.34. The van der Waals surface area contributed by atoms with E-state index in [4.69, 9.17) is 0 Å². The molecule has 1 heterocycles. The number of fused-ring (bicyclic) bond motifs is 3. The summed E-state index contributed by atoms with van der Waals surface area (Å²) in [6.45, 7) is 0. The van der Waals surface area contributed by atoms with Crippen LogP contribution in [0.25, 0.3) is 59.8 Å². The fourth-order valence-corrected chi connectivity index (χ4v) is 19.0. The van der Waals surface area contributed by atoms with Crippen LogP contribution < -0.4 is 47.7 Å². The van der Waals surface area contributed by atoms with E-state index in [0.29, 0.717) is 10.6 Å². The molecule has 4 nitrogen and oxygen atoms in total. The van der Waals surface area contributed by atoms with E-state index in [2.05, 4.69) is 83.4 Å². The van der Waals surface area contributed by atoms with Crippen LogP contribution >= 0.6 is 21.4 Å². The Hall–Kier alpha value is -7.83. The van der Waals surface area contributed by atoms with E-state index in [1.807, 2.05) is 188 Å². The van der Waals surface area contributed by atoms with Crippen LogP contribution in [0.1, 0.15) is 0 Å². The molecule has 0 aliphatic carbocycles. The molecule has 7 heteroatoms. The van der Waals surface area contributed by atoms with Crippen molar-refractivity contribution in [3.8, 4) is 5.69 Å². The minimum Gasteiger partial charge on any atom is -0.309 e. The molecule has 13 rings (SSSR count). The number of nitrogens with zero attached hydrogens (tertiary/aromatic N) is 1. The average Bonchev–Trinajstić information content (AvgIpc) is 3.78. The summed E-state index contributed by atoms with van der Waals surface area (Å²) in [5.41, 5.74) is 2.66. The van der Waals surface area contributed by atoms with Crippen molar-refractivity contribution in [2.24, 2.45) is 0 Å². The molecule has 1 atom stereocenters. The highest BCUT2D eigenvalue weighted by atomic mass is 31.2. The third kappa shape index (κ3) is 6.78. The summed E-state index contributed by atoms with van der Waals surface area (Å²) in [5.74, 6) is 0. The highest BCUT2D eigenvalue weighted by Crippen LogP contribution is 2.48. The maximum Gasteiger partial charge on any atom is 0.171 e. The lowest BCUT2D eigenvalue weighted by Crippen LogP contribution is -2.25. The fourth-order valence-electron chi connectivity index (χ4n) is 10.9. The van der Waals surface area contributed by atoms with Crippen LogP contribution in [0, 0.1) is 0 Å². The molecule has 0 saturated carbocycles. The molecule has 0 spiro atoms. The van der Waals surface area contributed by atoms with Gasteiger partial charge in [0.1, 0.15) is 0 Å². The van der Waals surface area contributed by atoms with Crippen molar-refractivity contribution in [3.63, 3.8) is 0 Å². The first-order chi connectivity index (χ1) is 34.8. The molecular formula is C64H44NO3P3. The predicted octanol–water partition coefficient (Wildman–Crippen LogP) is 12.6. The normalized spacial score (nSPS) is 13.1. The van der Waals surface area contributed by atoms with Gasteiger partial charge >= 0.3 is 0 Å². The van der Waals surface area contributed by atoms with E-state index in [9.17, 15) is 0 Å². The van der Waals surface area contributed by atoms with Gasteiger partial charge in [0.25, 0.3) is 0 Å². The van der Waals surface area contributed by atoms with Gasteiger partial charge in [-0.3, -0.25) is 0 Å². The van der Waals surface area contributed by atoms with Crippen molar-refractivity contribution in [2.75, 3.05) is 0 Å². The third-order valence-corrected chi connectivity index (χ3v) is 23.5. The predicted molar refractivity (Wildman–Crippen MR) is 303 cm³/mol. The van der Waals surface area contributed by atoms with Crippen molar-refractivity contribution < 1.29 is 13.7 Å². The van der Waals surface area contributed by atoms with E-state index in [-0.39, 0.29) is 0 Å². The second-order valence-electron chi connectivity index (χ2n) is 18.2. The molecule has 0 radical (unpaired) electrons. The Morgan fingerprint density at radius 3 is 0.944 bits per heavy atom. The summed E-state index contributed by atoms with van der Waals surface area (Å²) in [7, 11) is -10.2. The van der Waals surface area contributed by atoms with Crippen LogP contribution in [0.15, 0.2) is 267 Å². The van der Waals surface area contributed by atoms with Gasteiger partial charge in [-0.15, -0.1) is 0 Å². The van der Waals surface area contributed by atoms with E-state index in [1.165, 1.54) is 21.5 Å². The van der Waals surface area contributed by atoms with E-state index in [0.717, 1.165) is 75.4 Å². The Balaban J connectivity index is 1.06. The number of hydrogen-bond donors (Lipinski definition) is 0. The van der Waals surface area contributed by atoms with Crippen LogP contribution in [0.4, 0.5) is 0 Å². The zero-order chi connectivity index (χ0) is 47.7. The largest absolute Gasteiger partial charge is 0.309 e. The van der Waals surface area contributed by atoms with Crippen LogP contribution in [0.2, 0.25) is 0 Å². The molecule has 0 saturated heterocycles. The van der Waals surface area contributed by atoms with Gasteiger partial charge in [0.2, 0.25) is 0 Å². The number of aromatic nitrogens is 1. The summed E-state index contributed by atoms with van der Waals surface area (Å²) in [6, 6.07) is 88.6. The smallest absolute Gasteiger partial charge is 0.171 e. The first kappa shape index (κ1) is 43.2. The number of rotatable bonds is 10. The Labute approximate surface area is 412 Å². The van der Waals surface area contributed by atoms with Crippen molar-refractivity contribution in [2.45, 2.75) is 0 Å². The molecule has 0 fully saturated rings. The lowest BCUT2D eigenvalue weighted by molar-refractivity contribution is 0.591. The monoisotopic (exact) mass is 967 g/mol. The Morgan fingerprint density at radius 1 is 0.239 bits per heavy atom. The lowest BCUT2D eigenvalue weighted by atomic mass is 9.94. The van der Waals surface area contributed by atoms with E-state index < -0.39 is 21.4 Å². The maximum absolute atomic E-state index is 16.7. The molecule has 0 amide bonds. The van der Waals surface area contributed by atoms with Crippen molar-refractivity contribution in [1.82, 2.24) is 4.57 Å². The summed E-state index contributed by atoms with van der Waals surface area (Å²) in [4.78, 5) is 0. The van der Waals surface area contributed by atoms with Gasteiger partial charge in [-0.05, 0) is 105 Å². The molecule has 13 aromatic rings. The first-order valence-corrected chi connectivity index (χ1v) is 28.9. The summed E-state index contributed by atoms with van der Waals surface area (Å²) >= 11 is 0. The van der Waals surface area contributed by atoms with Crippen molar-refractivity contribution in [1.29, 1.82) is 0 Å². The van der Waals surface area contributed by atoms with E-state index >= 15 is 13.7 Å². The maximum atomic E-state index is 16.7. The molecule has 1 unspecified atom stereocenters. The second kappa shape index (κ2) is 16.9. The van der Waals surface area contributed by atoms with Gasteiger partial charge in [-0.2, -0.15) is 0 Å². The molecule has 71 heavy (non-hydrogen) atoms. The molecule has 0 N–H and O–H groups in total. The van der Waals surface area contributed by atoms with Crippen molar-refractivity contribution in [3.05, 3.63) is 267 Å². The lowest BCUT2D eigenvalue weighted by Gasteiger charge is -2.22. The van der Waals surface area contributed by atoms with Gasteiger partial charge in [-0.25, -0.2) is 0 Å². The Bertz CT molecular complexity index is 4140. The van der Waals surface area contributed by atoms with Gasteiger partial charge in [-0.1, -0.05) is 194 Å². The zero-order valence-corrected chi connectivity index (χ0v) is 41.1. The highest BCUT2D eigenvalue weighted by molar-refractivity contribution is 7.86. The third-order valence-electron chi connectivity index (χ3n) is 14.3. The number of hydrogen-bond acceptors (Lipinski definition) is 3. The molecule has 0 aliphatic rings. The van der Waals surface area contributed by atoms with Crippen molar-refractivity contribution >= 4 is 123 Å². The molecule has 1 aromatic heterocycles. The number of benzene rings is 12. The van der Waals surface area contributed by atoms with Crippen LogP contribution in [-0.4, -0.2) is 4.57 Å². The van der Waals surface area contributed by atoms with Gasteiger partial charge < -0.3 is 18.3 Å². The zero-order valence-electron chi connectivity index (χ0n) is 38.4. The van der Waals surface area contributed by atoms with Crippen LogP contribution in [0.5, 0.6) is 0 Å². The van der Waals surface area contributed by atoms with Gasteiger partial charge in [0.05, 0.1) is 11.0 Å². The van der Waals surface area contributed by atoms with Gasteiger partial charge in [0, 0.05) is 64.2 Å². The summed E-state index contributed by atoms with van der Waals surface area (Å²) in [5, 5.41) is 15.3. The first-order valence-electron chi connectivity index (χ1n) is 23.8. The quantitative estimate of drug-likeness (QED) is 0.101. The minimum atomic E-state index is -3.56. The molecule has 338 valence electrons. The fraction of sp³-hybridized carbons (Fsp3) is 0. The molecule has 0 aliphatic heterocycles. The Morgan fingerprint density at radius 2 is 0.549 bits per heavy atom. The summed E-state index contributed by atoms with van der Waals surface area (Å²) < 4.78 is 50.4. The summed E-state index contributed by atoms with van der Waals surface area (Å²) in [6.07, 6.45) is 0. The SMILES string of the molecule is O=P(c1ccccc1)(c1ccccc1)c1ccc(-n2c3ccc(P(=O)(c4ccccc4)c4ccccc4)cc3c3cc(P(=O)(c4ccccc4)c4cc5ccc6cccc7ccc(c4)c5c67)ccc32)cc1. The molecule has 12 aromatic carbocycles. The van der Waals surface area contributed by atoms with Crippen LogP contribution in [0.3, 0.4) is 0 Å². The second-order valence-corrected chi connectivity index (χ2v) is 26.5.